The van der Waals surface area contributed by atoms with Crippen molar-refractivity contribution in [3.8, 4) is 0 Å². The molecule has 0 aliphatic carbocycles. The fourth-order valence-electron chi connectivity index (χ4n) is 1.97. The molecule has 1 aromatic carbocycles. The summed E-state index contributed by atoms with van der Waals surface area (Å²) >= 11 is 0. The first-order valence-electron chi connectivity index (χ1n) is 6.35. The molecule has 4 heteroatoms. The highest BCUT2D eigenvalue weighted by Crippen LogP contribution is 2.28. The van der Waals surface area contributed by atoms with E-state index in [1.54, 1.807) is 0 Å². The molecule has 1 heterocycles. The van der Waals surface area contributed by atoms with Gasteiger partial charge in [-0.25, -0.2) is 9.69 Å². The number of nitrogens with zero attached hydrogens (tertiary/aromatic N) is 1. The summed E-state index contributed by atoms with van der Waals surface area (Å²) in [5.41, 5.74) is 1.85. The average Bonchev–Trinajstić information content (AvgIpc) is 2.81. The number of amides is 2. The zero-order valence-electron chi connectivity index (χ0n) is 11.1. The van der Waals surface area contributed by atoms with Gasteiger partial charge in [0.15, 0.2) is 0 Å². The summed E-state index contributed by atoms with van der Waals surface area (Å²) in [6.07, 6.45) is 1.71. The lowest BCUT2D eigenvalue weighted by Crippen LogP contribution is -2.33. The van der Waals surface area contributed by atoms with E-state index in [0.29, 0.717) is 0 Å². The number of cyclic esters (lactones) is 1. The lowest BCUT2D eigenvalue weighted by Gasteiger charge is -2.18. The Kier molecular flexibility index (Phi) is 4.00. The van der Waals surface area contributed by atoms with Crippen molar-refractivity contribution in [2.75, 3.05) is 6.61 Å². The number of carbonyl (C=O) groups excluding carboxylic acids is 2. The van der Waals surface area contributed by atoms with Crippen molar-refractivity contribution in [3.63, 3.8) is 0 Å². The summed E-state index contributed by atoms with van der Waals surface area (Å²) in [6.45, 7) is 4.06. The standard InChI is InChI=1S/C15H17NO3/c1-3-11(2)9-14(17)16-13(10-19-15(16)18)12-7-5-4-6-8-12/h4-9,13H,3,10H2,1-2H3/b11-9-. The summed E-state index contributed by atoms with van der Waals surface area (Å²) in [5, 5.41) is 0. The van der Waals surface area contributed by atoms with E-state index in [4.69, 9.17) is 4.74 Å². The number of allylic oxidation sites excluding steroid dienone is 1. The first-order valence-corrected chi connectivity index (χ1v) is 6.35. The van der Waals surface area contributed by atoms with Gasteiger partial charge in [0, 0.05) is 6.08 Å². The Morgan fingerprint density at radius 3 is 2.74 bits per heavy atom. The number of ether oxygens (including phenoxy) is 1. The van der Waals surface area contributed by atoms with Crippen LogP contribution in [0, 0.1) is 0 Å². The third-order valence-electron chi connectivity index (χ3n) is 3.22. The zero-order valence-corrected chi connectivity index (χ0v) is 11.1. The lowest BCUT2D eigenvalue weighted by molar-refractivity contribution is -0.124. The molecule has 1 unspecified atom stereocenters. The molecule has 0 spiro atoms. The van der Waals surface area contributed by atoms with Gasteiger partial charge in [0.2, 0.25) is 0 Å². The van der Waals surface area contributed by atoms with Gasteiger partial charge >= 0.3 is 6.09 Å². The van der Waals surface area contributed by atoms with Gasteiger partial charge in [0.05, 0.1) is 0 Å². The second kappa shape index (κ2) is 5.69. The maximum Gasteiger partial charge on any atom is 0.417 e. The minimum absolute atomic E-state index is 0.216. The average molecular weight is 259 g/mol. The Hall–Kier alpha value is -2.10. The SMILES string of the molecule is CC/C(C)=C\C(=O)N1C(=O)OCC1c1ccccc1. The van der Waals surface area contributed by atoms with E-state index in [-0.39, 0.29) is 18.6 Å². The van der Waals surface area contributed by atoms with E-state index in [1.807, 2.05) is 44.2 Å². The minimum atomic E-state index is -0.570. The van der Waals surface area contributed by atoms with Crippen molar-refractivity contribution in [2.24, 2.45) is 0 Å². The van der Waals surface area contributed by atoms with E-state index in [2.05, 4.69) is 0 Å². The van der Waals surface area contributed by atoms with Gasteiger partial charge in [-0.3, -0.25) is 4.79 Å². The number of benzene rings is 1. The highest BCUT2D eigenvalue weighted by Gasteiger charge is 2.37. The Morgan fingerprint density at radius 2 is 2.11 bits per heavy atom. The highest BCUT2D eigenvalue weighted by atomic mass is 16.6. The topological polar surface area (TPSA) is 46.6 Å². The van der Waals surface area contributed by atoms with Crippen molar-refractivity contribution in [3.05, 3.63) is 47.5 Å². The van der Waals surface area contributed by atoms with Gasteiger partial charge in [-0.15, -0.1) is 0 Å². The quantitative estimate of drug-likeness (QED) is 0.784. The Bertz CT molecular complexity index is 507. The monoisotopic (exact) mass is 259 g/mol. The normalized spacial score (nSPS) is 19.5. The molecule has 0 saturated carbocycles. The third kappa shape index (κ3) is 2.84. The van der Waals surface area contributed by atoms with E-state index < -0.39 is 6.09 Å². The summed E-state index contributed by atoms with van der Waals surface area (Å²) < 4.78 is 5.01. The van der Waals surface area contributed by atoms with Crippen LogP contribution in [0.4, 0.5) is 4.79 Å². The number of hydrogen-bond acceptors (Lipinski definition) is 3. The smallest absolute Gasteiger partial charge is 0.417 e. The Morgan fingerprint density at radius 1 is 1.42 bits per heavy atom. The molecule has 2 amide bonds. The van der Waals surface area contributed by atoms with Gasteiger partial charge < -0.3 is 4.74 Å². The molecule has 0 aromatic heterocycles. The molecular formula is C15H17NO3. The molecular weight excluding hydrogens is 242 g/mol. The van der Waals surface area contributed by atoms with Crippen LogP contribution in [0.15, 0.2) is 42.0 Å². The molecule has 4 nitrogen and oxygen atoms in total. The molecule has 0 radical (unpaired) electrons. The van der Waals surface area contributed by atoms with Crippen LogP contribution >= 0.6 is 0 Å². The maximum atomic E-state index is 12.2. The van der Waals surface area contributed by atoms with Gasteiger partial charge in [0.1, 0.15) is 12.6 Å². The highest BCUT2D eigenvalue weighted by molar-refractivity contribution is 6.00. The summed E-state index contributed by atoms with van der Waals surface area (Å²) in [7, 11) is 0. The first-order chi connectivity index (χ1) is 9.13. The molecule has 1 fully saturated rings. The molecule has 2 rings (SSSR count). The summed E-state index contributed by atoms with van der Waals surface area (Å²) in [6, 6.07) is 9.12. The van der Waals surface area contributed by atoms with Gasteiger partial charge in [-0.05, 0) is 18.9 Å². The van der Waals surface area contributed by atoms with Gasteiger partial charge in [-0.1, -0.05) is 42.8 Å². The van der Waals surface area contributed by atoms with Crippen LogP contribution in [0.1, 0.15) is 31.9 Å². The van der Waals surface area contributed by atoms with Gasteiger partial charge in [0.25, 0.3) is 5.91 Å². The minimum Gasteiger partial charge on any atom is -0.446 e. The summed E-state index contributed by atoms with van der Waals surface area (Å²) in [4.78, 5) is 25.1. The van der Waals surface area contributed by atoms with Crippen LogP contribution in [0.25, 0.3) is 0 Å². The van der Waals surface area contributed by atoms with Crippen LogP contribution in [-0.4, -0.2) is 23.5 Å². The Balaban J connectivity index is 2.26. The predicted octanol–water partition coefficient (Wildman–Crippen LogP) is 3.06. The van der Waals surface area contributed by atoms with Crippen LogP contribution in [0.2, 0.25) is 0 Å². The second-order valence-electron chi connectivity index (χ2n) is 4.56. The van der Waals surface area contributed by atoms with E-state index in [9.17, 15) is 9.59 Å². The largest absolute Gasteiger partial charge is 0.446 e. The molecule has 1 aliphatic rings. The molecule has 0 bridgehead atoms. The van der Waals surface area contributed by atoms with Crippen molar-refractivity contribution in [1.29, 1.82) is 0 Å². The van der Waals surface area contributed by atoms with Crippen LogP contribution in [0.5, 0.6) is 0 Å². The van der Waals surface area contributed by atoms with Crippen molar-refractivity contribution in [1.82, 2.24) is 4.90 Å². The van der Waals surface area contributed by atoms with Crippen LogP contribution < -0.4 is 0 Å². The molecule has 1 atom stereocenters. The zero-order chi connectivity index (χ0) is 13.8. The fraction of sp³-hybridized carbons (Fsp3) is 0.333. The van der Waals surface area contributed by atoms with E-state index >= 15 is 0 Å². The lowest BCUT2D eigenvalue weighted by atomic mass is 10.1. The van der Waals surface area contributed by atoms with Gasteiger partial charge in [-0.2, -0.15) is 0 Å². The first kappa shape index (κ1) is 13.3. The third-order valence-corrected chi connectivity index (χ3v) is 3.22. The second-order valence-corrected chi connectivity index (χ2v) is 4.56. The van der Waals surface area contributed by atoms with Crippen molar-refractivity contribution in [2.45, 2.75) is 26.3 Å². The van der Waals surface area contributed by atoms with E-state index in [0.717, 1.165) is 17.6 Å². The molecule has 19 heavy (non-hydrogen) atoms. The number of carbonyl (C=O) groups is 2. The number of hydrogen-bond donors (Lipinski definition) is 0. The molecule has 1 aromatic rings. The molecule has 100 valence electrons. The predicted molar refractivity (Wildman–Crippen MR) is 71.4 cm³/mol. The van der Waals surface area contributed by atoms with Crippen LogP contribution in [-0.2, 0) is 9.53 Å². The number of rotatable bonds is 3. The summed E-state index contributed by atoms with van der Waals surface area (Å²) in [5.74, 6) is -0.310. The molecule has 1 aliphatic heterocycles. The Labute approximate surface area is 112 Å². The number of imide groups is 1. The van der Waals surface area contributed by atoms with Crippen molar-refractivity contribution >= 4 is 12.0 Å². The van der Waals surface area contributed by atoms with E-state index in [1.165, 1.54) is 11.0 Å². The van der Waals surface area contributed by atoms with Crippen LogP contribution in [0.3, 0.4) is 0 Å². The van der Waals surface area contributed by atoms with Crippen molar-refractivity contribution < 1.29 is 14.3 Å². The fourth-order valence-corrected chi connectivity index (χ4v) is 1.97. The molecule has 0 N–H and O–H groups in total. The molecule has 1 saturated heterocycles. The maximum absolute atomic E-state index is 12.2.